The summed E-state index contributed by atoms with van der Waals surface area (Å²) in [4.78, 5) is 28.1. The Morgan fingerprint density at radius 3 is 2.80 bits per heavy atom. The molecule has 6 nitrogen and oxygen atoms in total. The van der Waals surface area contributed by atoms with Crippen molar-refractivity contribution in [2.75, 3.05) is 39.3 Å². The van der Waals surface area contributed by atoms with E-state index in [1.807, 2.05) is 4.90 Å². The first kappa shape index (κ1) is 14.7. The Labute approximate surface area is 118 Å². The van der Waals surface area contributed by atoms with Gasteiger partial charge in [-0.25, -0.2) is 0 Å². The van der Waals surface area contributed by atoms with Crippen LogP contribution in [-0.4, -0.2) is 59.5 Å². The first-order valence-electron chi connectivity index (χ1n) is 7.00. The van der Waals surface area contributed by atoms with Gasteiger partial charge < -0.3 is 20.1 Å². The highest BCUT2D eigenvalue weighted by molar-refractivity contribution is 5.94. The topological polar surface area (TPSA) is 71.6 Å². The zero-order valence-electron chi connectivity index (χ0n) is 11.9. The van der Waals surface area contributed by atoms with Gasteiger partial charge in [0.15, 0.2) is 0 Å². The van der Waals surface area contributed by atoms with Gasteiger partial charge in [-0.15, -0.1) is 0 Å². The minimum atomic E-state index is -0.157. The van der Waals surface area contributed by atoms with Crippen LogP contribution in [0.25, 0.3) is 0 Å². The molecule has 0 atom stereocenters. The van der Waals surface area contributed by atoms with Gasteiger partial charge in [0, 0.05) is 57.6 Å². The molecule has 0 unspecified atom stereocenters. The first-order chi connectivity index (χ1) is 9.61. The summed E-state index contributed by atoms with van der Waals surface area (Å²) in [7, 11) is 1.67. The molecular formula is C14H22N4O2. The second kappa shape index (κ2) is 6.67. The summed E-state index contributed by atoms with van der Waals surface area (Å²) in [5, 5.41) is 0. The fourth-order valence-corrected chi connectivity index (χ4v) is 2.44. The smallest absolute Gasteiger partial charge is 0.254 e. The summed E-state index contributed by atoms with van der Waals surface area (Å²) in [6, 6.07) is 3.11. The van der Waals surface area contributed by atoms with Gasteiger partial charge in [0.25, 0.3) is 11.5 Å². The summed E-state index contributed by atoms with van der Waals surface area (Å²) < 4.78 is 1.46. The highest BCUT2D eigenvalue weighted by Crippen LogP contribution is 2.07. The van der Waals surface area contributed by atoms with Crippen LogP contribution in [0.15, 0.2) is 23.1 Å². The monoisotopic (exact) mass is 278 g/mol. The van der Waals surface area contributed by atoms with Gasteiger partial charge in [-0.2, -0.15) is 0 Å². The van der Waals surface area contributed by atoms with Crippen molar-refractivity contribution in [2.24, 2.45) is 12.8 Å². The molecule has 0 bridgehead atoms. The molecule has 1 saturated heterocycles. The summed E-state index contributed by atoms with van der Waals surface area (Å²) in [6.45, 7) is 4.74. The van der Waals surface area contributed by atoms with E-state index in [0.29, 0.717) is 18.7 Å². The molecule has 0 spiro atoms. The van der Waals surface area contributed by atoms with E-state index in [2.05, 4.69) is 4.90 Å². The molecule has 20 heavy (non-hydrogen) atoms. The third kappa shape index (κ3) is 3.46. The Kier molecular flexibility index (Phi) is 4.92. The van der Waals surface area contributed by atoms with Crippen LogP contribution >= 0.6 is 0 Å². The normalized spacial score (nSPS) is 17.0. The van der Waals surface area contributed by atoms with Crippen LogP contribution in [0.2, 0.25) is 0 Å². The molecule has 1 aliphatic rings. The molecule has 0 saturated carbocycles. The average molecular weight is 278 g/mol. The molecule has 6 heteroatoms. The van der Waals surface area contributed by atoms with Gasteiger partial charge in [0.05, 0.1) is 0 Å². The zero-order chi connectivity index (χ0) is 14.5. The molecule has 1 aliphatic heterocycles. The molecule has 2 heterocycles. The van der Waals surface area contributed by atoms with Gasteiger partial charge in [-0.1, -0.05) is 0 Å². The van der Waals surface area contributed by atoms with Gasteiger partial charge >= 0.3 is 0 Å². The zero-order valence-corrected chi connectivity index (χ0v) is 11.9. The molecule has 1 aromatic rings. The van der Waals surface area contributed by atoms with Crippen LogP contribution in [0.5, 0.6) is 0 Å². The Morgan fingerprint density at radius 2 is 2.10 bits per heavy atom. The number of aromatic nitrogens is 1. The van der Waals surface area contributed by atoms with Crippen molar-refractivity contribution in [3.8, 4) is 0 Å². The lowest BCUT2D eigenvalue weighted by molar-refractivity contribution is 0.0761. The van der Waals surface area contributed by atoms with Crippen LogP contribution in [0.1, 0.15) is 16.8 Å². The Bertz CT molecular complexity index is 526. The van der Waals surface area contributed by atoms with Crippen molar-refractivity contribution in [1.82, 2.24) is 14.4 Å². The van der Waals surface area contributed by atoms with Crippen molar-refractivity contribution in [3.63, 3.8) is 0 Å². The number of aryl methyl sites for hydroxylation is 1. The maximum absolute atomic E-state index is 12.4. The summed E-state index contributed by atoms with van der Waals surface area (Å²) in [5.41, 5.74) is 5.88. The third-order valence-electron chi connectivity index (χ3n) is 3.67. The Morgan fingerprint density at radius 1 is 1.30 bits per heavy atom. The maximum Gasteiger partial charge on any atom is 0.254 e. The number of rotatable bonds is 3. The lowest BCUT2D eigenvalue weighted by Gasteiger charge is -2.21. The van der Waals surface area contributed by atoms with Crippen molar-refractivity contribution in [2.45, 2.75) is 6.42 Å². The summed E-state index contributed by atoms with van der Waals surface area (Å²) in [6.07, 6.45) is 2.57. The molecule has 2 N–H and O–H groups in total. The minimum absolute atomic E-state index is 0.0581. The van der Waals surface area contributed by atoms with Crippen LogP contribution in [0.4, 0.5) is 0 Å². The standard InChI is InChI=1S/C14H22N4O2/c1-16-7-3-12(11-13(16)19)14(20)18-6-2-5-17(8-4-15)9-10-18/h3,7,11H,2,4-6,8-10,15H2,1H3. The number of amides is 1. The molecule has 0 radical (unpaired) electrons. The fourth-order valence-electron chi connectivity index (χ4n) is 2.44. The SMILES string of the molecule is Cn1ccc(C(=O)N2CCCN(CCN)CC2)cc1=O. The summed E-state index contributed by atoms with van der Waals surface area (Å²) in [5.74, 6) is -0.0581. The van der Waals surface area contributed by atoms with E-state index in [1.165, 1.54) is 10.6 Å². The van der Waals surface area contributed by atoms with Crippen molar-refractivity contribution in [3.05, 3.63) is 34.2 Å². The molecule has 0 aliphatic carbocycles. The number of carbonyl (C=O) groups is 1. The number of nitrogens with zero attached hydrogens (tertiary/aromatic N) is 3. The fraction of sp³-hybridized carbons (Fsp3) is 0.571. The van der Waals surface area contributed by atoms with E-state index in [-0.39, 0.29) is 11.5 Å². The maximum atomic E-state index is 12.4. The lowest BCUT2D eigenvalue weighted by atomic mass is 10.2. The Hall–Kier alpha value is -1.66. The molecule has 110 valence electrons. The molecule has 1 amide bonds. The second-order valence-electron chi connectivity index (χ2n) is 5.14. The van der Waals surface area contributed by atoms with E-state index in [9.17, 15) is 9.59 Å². The number of pyridine rings is 1. The molecule has 0 aromatic carbocycles. The predicted molar refractivity (Wildman–Crippen MR) is 77.7 cm³/mol. The van der Waals surface area contributed by atoms with Gasteiger partial charge in [0.2, 0.25) is 0 Å². The minimum Gasteiger partial charge on any atom is -0.337 e. The second-order valence-corrected chi connectivity index (χ2v) is 5.14. The van der Waals surface area contributed by atoms with Gasteiger partial charge in [-0.05, 0) is 19.0 Å². The quantitative estimate of drug-likeness (QED) is 0.808. The van der Waals surface area contributed by atoms with Gasteiger partial charge in [0.1, 0.15) is 0 Å². The van der Waals surface area contributed by atoms with Crippen molar-refractivity contribution < 1.29 is 4.79 Å². The average Bonchev–Trinajstić information content (AvgIpc) is 2.67. The largest absolute Gasteiger partial charge is 0.337 e. The summed E-state index contributed by atoms with van der Waals surface area (Å²) >= 11 is 0. The van der Waals surface area contributed by atoms with E-state index in [4.69, 9.17) is 5.73 Å². The van der Waals surface area contributed by atoms with Crippen LogP contribution in [0.3, 0.4) is 0 Å². The van der Waals surface area contributed by atoms with E-state index in [1.54, 1.807) is 19.3 Å². The molecular weight excluding hydrogens is 256 g/mol. The van der Waals surface area contributed by atoms with E-state index >= 15 is 0 Å². The van der Waals surface area contributed by atoms with Gasteiger partial charge in [-0.3, -0.25) is 9.59 Å². The van der Waals surface area contributed by atoms with Crippen molar-refractivity contribution >= 4 is 5.91 Å². The third-order valence-corrected chi connectivity index (χ3v) is 3.67. The number of hydrogen-bond donors (Lipinski definition) is 1. The van der Waals surface area contributed by atoms with E-state index in [0.717, 1.165) is 32.6 Å². The lowest BCUT2D eigenvalue weighted by Crippen LogP contribution is -2.37. The molecule has 2 rings (SSSR count). The highest BCUT2D eigenvalue weighted by Gasteiger charge is 2.20. The molecule has 1 aromatic heterocycles. The van der Waals surface area contributed by atoms with Crippen LogP contribution in [0, 0.1) is 0 Å². The molecule has 1 fully saturated rings. The van der Waals surface area contributed by atoms with Crippen LogP contribution < -0.4 is 11.3 Å². The van der Waals surface area contributed by atoms with Crippen LogP contribution in [-0.2, 0) is 7.05 Å². The predicted octanol–water partition coefficient (Wildman–Crippen LogP) is -0.508. The highest BCUT2D eigenvalue weighted by atomic mass is 16.2. The Balaban J connectivity index is 2.05. The van der Waals surface area contributed by atoms with E-state index < -0.39 is 0 Å². The number of carbonyl (C=O) groups excluding carboxylic acids is 1. The number of hydrogen-bond acceptors (Lipinski definition) is 4. The number of nitrogens with two attached hydrogens (primary N) is 1. The first-order valence-corrected chi connectivity index (χ1v) is 7.00. The van der Waals surface area contributed by atoms with Crippen molar-refractivity contribution in [1.29, 1.82) is 0 Å².